The SMILES string of the molecule is Cc1cc(C(=O)N2CCSCC2)ccc1NC(=O)CC1CCCC1. The minimum Gasteiger partial charge on any atom is -0.337 e. The lowest BCUT2D eigenvalue weighted by molar-refractivity contribution is -0.117. The van der Waals surface area contributed by atoms with Gasteiger partial charge in [0.15, 0.2) is 0 Å². The van der Waals surface area contributed by atoms with Crippen LogP contribution >= 0.6 is 11.8 Å². The lowest BCUT2D eigenvalue weighted by atomic mass is 10.0. The molecule has 1 heterocycles. The Balaban J connectivity index is 1.61. The predicted octanol–water partition coefficient (Wildman–Crippen LogP) is 3.70. The van der Waals surface area contributed by atoms with Gasteiger partial charge in [0.2, 0.25) is 5.91 Å². The third-order valence-corrected chi connectivity index (χ3v) is 5.94. The minimum absolute atomic E-state index is 0.0946. The van der Waals surface area contributed by atoms with Crippen LogP contribution in [0.2, 0.25) is 0 Å². The molecular formula is C19H26N2O2S. The summed E-state index contributed by atoms with van der Waals surface area (Å²) in [7, 11) is 0. The maximum Gasteiger partial charge on any atom is 0.253 e. The van der Waals surface area contributed by atoms with Crippen molar-refractivity contribution >= 4 is 29.3 Å². The number of hydrogen-bond acceptors (Lipinski definition) is 3. The van der Waals surface area contributed by atoms with Crippen LogP contribution in [0, 0.1) is 12.8 Å². The summed E-state index contributed by atoms with van der Waals surface area (Å²) in [5.41, 5.74) is 2.49. The minimum atomic E-state index is 0.0946. The number of amides is 2. The van der Waals surface area contributed by atoms with Crippen LogP contribution in [0.25, 0.3) is 0 Å². The summed E-state index contributed by atoms with van der Waals surface area (Å²) in [6.07, 6.45) is 5.47. The molecule has 0 unspecified atom stereocenters. The van der Waals surface area contributed by atoms with E-state index in [1.54, 1.807) is 0 Å². The van der Waals surface area contributed by atoms with Crippen LogP contribution in [0.1, 0.15) is 48.0 Å². The molecule has 1 aliphatic carbocycles. The van der Waals surface area contributed by atoms with Crippen molar-refractivity contribution in [3.8, 4) is 0 Å². The van der Waals surface area contributed by atoms with Gasteiger partial charge in [-0.2, -0.15) is 11.8 Å². The van der Waals surface area contributed by atoms with E-state index in [1.165, 1.54) is 25.7 Å². The van der Waals surface area contributed by atoms with Crippen molar-refractivity contribution < 1.29 is 9.59 Å². The second kappa shape index (κ2) is 8.06. The quantitative estimate of drug-likeness (QED) is 0.904. The zero-order valence-electron chi connectivity index (χ0n) is 14.3. The molecule has 2 aliphatic rings. The van der Waals surface area contributed by atoms with Gasteiger partial charge in [0.25, 0.3) is 5.91 Å². The predicted molar refractivity (Wildman–Crippen MR) is 99.6 cm³/mol. The molecule has 0 radical (unpaired) electrons. The van der Waals surface area contributed by atoms with Gasteiger partial charge < -0.3 is 10.2 Å². The standard InChI is InChI=1S/C19H26N2O2S/c1-14-12-16(19(23)21-8-10-24-11-9-21)6-7-17(14)20-18(22)13-15-4-2-3-5-15/h6-7,12,15H,2-5,8-11,13H2,1H3,(H,20,22). The molecule has 1 aromatic carbocycles. The van der Waals surface area contributed by atoms with Gasteiger partial charge in [0, 0.05) is 42.3 Å². The van der Waals surface area contributed by atoms with Gasteiger partial charge in [0.05, 0.1) is 0 Å². The summed E-state index contributed by atoms with van der Waals surface area (Å²) in [5, 5.41) is 3.02. The van der Waals surface area contributed by atoms with Crippen LogP contribution in [0.3, 0.4) is 0 Å². The van der Waals surface area contributed by atoms with Crippen LogP contribution < -0.4 is 5.32 Å². The van der Waals surface area contributed by atoms with E-state index >= 15 is 0 Å². The first-order valence-electron chi connectivity index (χ1n) is 8.91. The molecule has 1 aromatic rings. The van der Waals surface area contributed by atoms with Gasteiger partial charge in [-0.1, -0.05) is 12.8 Å². The Bertz CT molecular complexity index is 605. The fraction of sp³-hybridized carbons (Fsp3) is 0.579. The molecule has 1 saturated carbocycles. The van der Waals surface area contributed by atoms with Gasteiger partial charge >= 0.3 is 0 Å². The summed E-state index contributed by atoms with van der Waals surface area (Å²) >= 11 is 1.90. The fourth-order valence-corrected chi connectivity index (χ4v) is 4.47. The molecular weight excluding hydrogens is 320 g/mol. The Morgan fingerprint density at radius 1 is 1.21 bits per heavy atom. The van der Waals surface area contributed by atoms with Crippen molar-refractivity contribution in [2.45, 2.75) is 39.0 Å². The first kappa shape index (κ1) is 17.3. The maximum atomic E-state index is 12.5. The van der Waals surface area contributed by atoms with Crippen LogP contribution in [-0.2, 0) is 4.79 Å². The van der Waals surface area contributed by atoms with Gasteiger partial charge in [0.1, 0.15) is 0 Å². The van der Waals surface area contributed by atoms with E-state index in [1.807, 2.05) is 41.8 Å². The number of rotatable bonds is 4. The van der Waals surface area contributed by atoms with Crippen LogP contribution in [-0.4, -0.2) is 41.3 Å². The number of nitrogens with one attached hydrogen (secondary N) is 1. The number of thioether (sulfide) groups is 1. The first-order chi connectivity index (χ1) is 11.6. The second-order valence-electron chi connectivity index (χ2n) is 6.84. The zero-order chi connectivity index (χ0) is 16.9. The molecule has 0 spiro atoms. The van der Waals surface area contributed by atoms with E-state index in [0.717, 1.165) is 35.8 Å². The molecule has 130 valence electrons. The highest BCUT2D eigenvalue weighted by atomic mass is 32.2. The van der Waals surface area contributed by atoms with Crippen molar-refractivity contribution in [3.05, 3.63) is 29.3 Å². The van der Waals surface area contributed by atoms with Crippen molar-refractivity contribution in [2.75, 3.05) is 29.9 Å². The normalized spacial score (nSPS) is 18.6. The Kier molecular flexibility index (Phi) is 5.82. The topological polar surface area (TPSA) is 49.4 Å². The smallest absolute Gasteiger partial charge is 0.253 e. The summed E-state index contributed by atoms with van der Waals surface area (Å²) in [4.78, 5) is 26.7. The average Bonchev–Trinajstić information content (AvgIpc) is 3.09. The molecule has 2 fully saturated rings. The van der Waals surface area contributed by atoms with E-state index < -0.39 is 0 Å². The lowest BCUT2D eigenvalue weighted by Gasteiger charge is -2.26. The van der Waals surface area contributed by atoms with Crippen molar-refractivity contribution in [1.82, 2.24) is 4.90 Å². The second-order valence-corrected chi connectivity index (χ2v) is 8.06. The van der Waals surface area contributed by atoms with Gasteiger partial charge in [-0.25, -0.2) is 0 Å². The molecule has 1 N–H and O–H groups in total. The van der Waals surface area contributed by atoms with Crippen LogP contribution in [0.5, 0.6) is 0 Å². The Morgan fingerprint density at radius 3 is 2.58 bits per heavy atom. The van der Waals surface area contributed by atoms with Gasteiger partial charge in [-0.3, -0.25) is 9.59 Å². The maximum absolute atomic E-state index is 12.5. The molecule has 2 amide bonds. The number of hydrogen-bond donors (Lipinski definition) is 1. The van der Waals surface area contributed by atoms with E-state index in [2.05, 4.69) is 5.32 Å². The summed E-state index contributed by atoms with van der Waals surface area (Å²) in [6.45, 7) is 3.60. The largest absolute Gasteiger partial charge is 0.337 e. The fourth-order valence-electron chi connectivity index (χ4n) is 3.56. The highest BCUT2D eigenvalue weighted by Gasteiger charge is 2.20. The van der Waals surface area contributed by atoms with Gasteiger partial charge in [-0.15, -0.1) is 0 Å². The molecule has 0 bridgehead atoms. The van der Waals surface area contributed by atoms with Crippen molar-refractivity contribution in [3.63, 3.8) is 0 Å². The molecule has 3 rings (SSSR count). The van der Waals surface area contributed by atoms with Crippen LogP contribution in [0.4, 0.5) is 5.69 Å². The molecule has 24 heavy (non-hydrogen) atoms. The zero-order valence-corrected chi connectivity index (χ0v) is 15.2. The number of carbonyl (C=O) groups excluding carboxylic acids is 2. The van der Waals surface area contributed by atoms with E-state index in [4.69, 9.17) is 0 Å². The molecule has 0 atom stereocenters. The van der Waals surface area contributed by atoms with Crippen LogP contribution in [0.15, 0.2) is 18.2 Å². The highest BCUT2D eigenvalue weighted by Crippen LogP contribution is 2.28. The third kappa shape index (κ3) is 4.32. The van der Waals surface area contributed by atoms with E-state index in [9.17, 15) is 9.59 Å². The Hall–Kier alpha value is -1.49. The number of carbonyl (C=O) groups is 2. The Morgan fingerprint density at radius 2 is 1.92 bits per heavy atom. The molecule has 4 nitrogen and oxygen atoms in total. The number of benzene rings is 1. The molecule has 1 saturated heterocycles. The van der Waals surface area contributed by atoms with Crippen molar-refractivity contribution in [2.24, 2.45) is 5.92 Å². The van der Waals surface area contributed by atoms with Gasteiger partial charge in [-0.05, 0) is 49.4 Å². The number of nitrogens with zero attached hydrogens (tertiary/aromatic N) is 1. The third-order valence-electron chi connectivity index (χ3n) is 4.99. The molecule has 5 heteroatoms. The van der Waals surface area contributed by atoms with E-state index in [-0.39, 0.29) is 11.8 Å². The van der Waals surface area contributed by atoms with Crippen molar-refractivity contribution in [1.29, 1.82) is 0 Å². The summed E-state index contributed by atoms with van der Waals surface area (Å²) in [5.74, 6) is 2.77. The summed E-state index contributed by atoms with van der Waals surface area (Å²) < 4.78 is 0. The lowest BCUT2D eigenvalue weighted by Crippen LogP contribution is -2.37. The monoisotopic (exact) mass is 346 g/mol. The molecule has 0 aromatic heterocycles. The Labute approximate surface area is 148 Å². The summed E-state index contributed by atoms with van der Waals surface area (Å²) in [6, 6.07) is 5.60. The number of aryl methyl sites for hydroxylation is 1. The average molecular weight is 346 g/mol. The van der Waals surface area contributed by atoms with E-state index in [0.29, 0.717) is 17.9 Å². The number of anilines is 1. The highest BCUT2D eigenvalue weighted by molar-refractivity contribution is 7.99. The molecule has 1 aliphatic heterocycles. The first-order valence-corrected chi connectivity index (χ1v) is 10.1.